The van der Waals surface area contributed by atoms with Gasteiger partial charge in [-0.25, -0.2) is 0 Å². The zero-order chi connectivity index (χ0) is 24.6. The summed E-state index contributed by atoms with van der Waals surface area (Å²) < 4.78 is 10.6. The monoisotopic (exact) mass is 497 g/mol. The van der Waals surface area contributed by atoms with Gasteiger partial charge in [-0.2, -0.15) is 0 Å². The minimum atomic E-state index is -0.883. The zero-order valence-electron chi connectivity index (χ0n) is 18.6. The van der Waals surface area contributed by atoms with Crippen LogP contribution < -0.4 is 14.4 Å². The van der Waals surface area contributed by atoms with E-state index in [2.05, 4.69) is 0 Å². The predicted molar refractivity (Wildman–Crippen MR) is 132 cm³/mol. The predicted octanol–water partition coefficient (Wildman–Crippen LogP) is 5.95. The van der Waals surface area contributed by atoms with Gasteiger partial charge in [0.15, 0.2) is 0 Å². The third-order valence-electron chi connectivity index (χ3n) is 5.64. The normalized spacial score (nSPS) is 17.2. The van der Waals surface area contributed by atoms with E-state index in [1.165, 1.54) is 31.3 Å². The molecule has 0 spiro atoms. The van der Waals surface area contributed by atoms with E-state index < -0.39 is 23.5 Å². The third-order valence-corrected chi connectivity index (χ3v) is 6.18. The number of hydrogen-bond donors (Lipinski definition) is 1. The van der Waals surface area contributed by atoms with Crippen LogP contribution in [0.4, 0.5) is 5.69 Å². The van der Waals surface area contributed by atoms with Crippen molar-refractivity contribution >= 4 is 46.3 Å². The summed E-state index contributed by atoms with van der Waals surface area (Å²) in [7, 11) is 2.87. The van der Waals surface area contributed by atoms with Crippen molar-refractivity contribution in [1.29, 1.82) is 0 Å². The first-order valence-electron chi connectivity index (χ1n) is 10.3. The molecule has 0 radical (unpaired) electrons. The Labute approximate surface area is 206 Å². The molecule has 1 amide bonds. The Morgan fingerprint density at radius 2 is 1.62 bits per heavy atom. The molecule has 0 bridgehead atoms. The van der Waals surface area contributed by atoms with Crippen LogP contribution in [0.15, 0.2) is 66.2 Å². The minimum absolute atomic E-state index is 0.0786. The second-order valence-corrected chi connectivity index (χ2v) is 8.59. The summed E-state index contributed by atoms with van der Waals surface area (Å²) in [6.07, 6.45) is 0. The van der Waals surface area contributed by atoms with Crippen LogP contribution in [-0.2, 0) is 9.59 Å². The molecule has 174 valence electrons. The second kappa shape index (κ2) is 9.41. The van der Waals surface area contributed by atoms with Crippen molar-refractivity contribution in [3.05, 3.63) is 93.0 Å². The van der Waals surface area contributed by atoms with Crippen LogP contribution in [-0.4, -0.2) is 31.0 Å². The molecule has 34 heavy (non-hydrogen) atoms. The van der Waals surface area contributed by atoms with Gasteiger partial charge in [0.1, 0.15) is 17.3 Å². The summed E-state index contributed by atoms with van der Waals surface area (Å²) in [4.78, 5) is 27.9. The minimum Gasteiger partial charge on any atom is -0.507 e. The van der Waals surface area contributed by atoms with E-state index in [1.54, 1.807) is 30.3 Å². The number of amides is 1. The molecule has 1 N–H and O–H groups in total. The SMILES string of the molecule is COc1cc(OC)c(/C(O)=C2\C(=O)C(=O)N(c3ccc(Cl)cc3)C2c2cccc(C)c2)cc1Cl. The molecule has 8 heteroatoms. The number of methoxy groups -OCH3 is 2. The molecule has 1 unspecified atom stereocenters. The third kappa shape index (κ3) is 4.11. The number of aliphatic hydroxyl groups excluding tert-OH is 1. The van der Waals surface area contributed by atoms with Gasteiger partial charge in [-0.1, -0.05) is 53.0 Å². The molecule has 0 aliphatic carbocycles. The van der Waals surface area contributed by atoms with Crippen LogP contribution in [0.3, 0.4) is 0 Å². The summed E-state index contributed by atoms with van der Waals surface area (Å²) in [6.45, 7) is 1.91. The fourth-order valence-electron chi connectivity index (χ4n) is 4.05. The highest BCUT2D eigenvalue weighted by Crippen LogP contribution is 2.45. The van der Waals surface area contributed by atoms with E-state index in [0.29, 0.717) is 22.0 Å². The van der Waals surface area contributed by atoms with Crippen LogP contribution in [0.25, 0.3) is 5.76 Å². The highest BCUT2D eigenvalue weighted by Gasteiger charge is 2.47. The number of anilines is 1. The molecule has 0 saturated carbocycles. The summed E-state index contributed by atoms with van der Waals surface area (Å²) in [6, 6.07) is 16.1. The lowest BCUT2D eigenvalue weighted by molar-refractivity contribution is -0.132. The number of benzene rings is 3. The van der Waals surface area contributed by atoms with Crippen molar-refractivity contribution in [1.82, 2.24) is 0 Å². The van der Waals surface area contributed by atoms with Gasteiger partial charge >= 0.3 is 0 Å². The highest BCUT2D eigenvalue weighted by atomic mass is 35.5. The maximum absolute atomic E-state index is 13.3. The van der Waals surface area contributed by atoms with Crippen LogP contribution in [0, 0.1) is 6.92 Å². The van der Waals surface area contributed by atoms with E-state index >= 15 is 0 Å². The number of carbonyl (C=O) groups is 2. The molecule has 1 aliphatic rings. The standard InChI is InChI=1S/C26H21Cl2NO5/c1-14-5-4-6-15(11-14)23-22(24(30)18-12-19(28)21(34-3)13-20(18)33-2)25(31)26(32)29(23)17-9-7-16(27)8-10-17/h4-13,23,30H,1-3H3/b24-22+. The fourth-order valence-corrected chi connectivity index (χ4v) is 4.41. The maximum atomic E-state index is 13.3. The molecule has 3 aromatic rings. The van der Waals surface area contributed by atoms with Gasteiger partial charge in [0.25, 0.3) is 11.7 Å². The average molecular weight is 498 g/mol. The molecular weight excluding hydrogens is 477 g/mol. The van der Waals surface area contributed by atoms with Crippen LogP contribution in [0.5, 0.6) is 11.5 Å². The first kappa shape index (κ1) is 23.7. The number of aryl methyl sites for hydroxylation is 1. The van der Waals surface area contributed by atoms with Gasteiger partial charge in [0.2, 0.25) is 0 Å². The Bertz CT molecular complexity index is 1320. The maximum Gasteiger partial charge on any atom is 0.300 e. The largest absolute Gasteiger partial charge is 0.507 e. The first-order valence-corrected chi connectivity index (χ1v) is 11.1. The van der Waals surface area contributed by atoms with Crippen LogP contribution in [0.1, 0.15) is 22.7 Å². The quantitative estimate of drug-likeness (QED) is 0.268. The lowest BCUT2D eigenvalue weighted by Gasteiger charge is -2.26. The molecule has 1 heterocycles. The number of halogens is 2. The number of carbonyl (C=O) groups excluding carboxylic acids is 2. The lowest BCUT2D eigenvalue weighted by Crippen LogP contribution is -2.29. The fraction of sp³-hybridized carbons (Fsp3) is 0.154. The molecule has 1 fully saturated rings. The Morgan fingerprint density at radius 3 is 2.24 bits per heavy atom. The second-order valence-electron chi connectivity index (χ2n) is 7.75. The highest BCUT2D eigenvalue weighted by molar-refractivity contribution is 6.51. The van der Waals surface area contributed by atoms with Gasteiger partial charge < -0.3 is 14.6 Å². The van der Waals surface area contributed by atoms with Gasteiger partial charge in [-0.15, -0.1) is 0 Å². The molecule has 1 saturated heterocycles. The van der Waals surface area contributed by atoms with Crippen LogP contribution >= 0.6 is 23.2 Å². The van der Waals surface area contributed by atoms with E-state index in [0.717, 1.165) is 5.56 Å². The van der Waals surface area contributed by atoms with Gasteiger partial charge in [0, 0.05) is 16.8 Å². The number of rotatable bonds is 5. The molecular formula is C26H21Cl2NO5. The summed E-state index contributed by atoms with van der Waals surface area (Å²) in [5.41, 5.74) is 2.15. The molecule has 0 aromatic heterocycles. The molecule has 6 nitrogen and oxygen atoms in total. The van der Waals surface area contributed by atoms with Crippen molar-refractivity contribution < 1.29 is 24.2 Å². The smallest absolute Gasteiger partial charge is 0.300 e. The summed E-state index contributed by atoms with van der Waals surface area (Å²) in [5.74, 6) is -1.42. The van der Waals surface area contributed by atoms with Crippen molar-refractivity contribution in [3.8, 4) is 11.5 Å². The molecule has 4 rings (SSSR count). The Morgan fingerprint density at radius 1 is 0.941 bits per heavy atom. The van der Waals surface area contributed by atoms with Gasteiger partial charge in [0.05, 0.1) is 36.4 Å². The topological polar surface area (TPSA) is 76.1 Å². The lowest BCUT2D eigenvalue weighted by atomic mass is 9.94. The molecule has 3 aromatic carbocycles. The number of ketones is 1. The molecule has 1 atom stereocenters. The zero-order valence-corrected chi connectivity index (χ0v) is 20.1. The summed E-state index contributed by atoms with van der Waals surface area (Å²) >= 11 is 12.3. The van der Waals surface area contributed by atoms with E-state index in [4.69, 9.17) is 32.7 Å². The van der Waals surface area contributed by atoms with Crippen molar-refractivity contribution in [2.45, 2.75) is 13.0 Å². The van der Waals surface area contributed by atoms with E-state index in [9.17, 15) is 14.7 Å². The number of nitrogens with zero attached hydrogens (tertiary/aromatic N) is 1. The van der Waals surface area contributed by atoms with Crippen LogP contribution in [0.2, 0.25) is 10.0 Å². The van der Waals surface area contributed by atoms with Crippen molar-refractivity contribution in [2.75, 3.05) is 19.1 Å². The number of Topliss-reactive ketones (excluding diaryl/α,β-unsaturated/α-hetero) is 1. The summed E-state index contributed by atoms with van der Waals surface area (Å²) in [5, 5.41) is 12.1. The molecule has 1 aliphatic heterocycles. The first-order chi connectivity index (χ1) is 16.3. The Kier molecular flexibility index (Phi) is 6.55. The number of aliphatic hydroxyl groups is 1. The number of ether oxygens (including phenoxy) is 2. The Balaban J connectivity index is 1.99. The van der Waals surface area contributed by atoms with Gasteiger partial charge in [-0.05, 0) is 42.8 Å². The van der Waals surface area contributed by atoms with Crippen molar-refractivity contribution in [2.24, 2.45) is 0 Å². The van der Waals surface area contributed by atoms with E-state index in [-0.39, 0.29) is 21.9 Å². The van der Waals surface area contributed by atoms with Gasteiger partial charge in [-0.3, -0.25) is 14.5 Å². The number of hydrogen-bond acceptors (Lipinski definition) is 5. The van der Waals surface area contributed by atoms with Crippen molar-refractivity contribution in [3.63, 3.8) is 0 Å². The van der Waals surface area contributed by atoms with E-state index in [1.807, 2.05) is 25.1 Å². The Hall–Kier alpha value is -3.48. The average Bonchev–Trinajstić information content (AvgIpc) is 3.09.